The molecular formula is C27H26N4O3. The maximum atomic E-state index is 13.7. The number of H-pyrrole nitrogens is 1. The first kappa shape index (κ1) is 21.7. The Kier molecular flexibility index (Phi) is 5.12. The summed E-state index contributed by atoms with van der Waals surface area (Å²) in [7, 11) is 1.63. The molecule has 1 atom stereocenters. The summed E-state index contributed by atoms with van der Waals surface area (Å²) in [6, 6.07) is 20.1. The number of benzene rings is 2. The summed E-state index contributed by atoms with van der Waals surface area (Å²) >= 11 is 0. The summed E-state index contributed by atoms with van der Waals surface area (Å²) in [5.74, 6) is 0.525. The van der Waals surface area contributed by atoms with E-state index in [1.165, 1.54) is 6.20 Å². The second-order valence-electron chi connectivity index (χ2n) is 9.39. The lowest BCUT2D eigenvalue weighted by molar-refractivity contribution is -0.593. The van der Waals surface area contributed by atoms with Crippen LogP contribution < -0.4 is 14.4 Å². The van der Waals surface area contributed by atoms with Crippen LogP contribution in [-0.2, 0) is 5.41 Å². The number of carbonyl (C=O) groups is 1. The van der Waals surface area contributed by atoms with Gasteiger partial charge < -0.3 is 9.94 Å². The minimum Gasteiger partial charge on any atom is -0.618 e. The monoisotopic (exact) mass is 454 g/mol. The molecule has 172 valence electrons. The van der Waals surface area contributed by atoms with Gasteiger partial charge in [-0.3, -0.25) is 14.8 Å². The number of aromatic nitrogens is 3. The second kappa shape index (κ2) is 8.02. The van der Waals surface area contributed by atoms with Crippen molar-refractivity contribution in [2.45, 2.75) is 32.2 Å². The highest BCUT2D eigenvalue weighted by atomic mass is 16.5. The van der Waals surface area contributed by atoms with Crippen molar-refractivity contribution in [2.24, 2.45) is 0 Å². The maximum absolute atomic E-state index is 13.7. The Balaban J connectivity index is 1.66. The van der Waals surface area contributed by atoms with Crippen LogP contribution in [0.3, 0.4) is 0 Å². The van der Waals surface area contributed by atoms with Crippen molar-refractivity contribution in [1.82, 2.24) is 10.2 Å². The summed E-state index contributed by atoms with van der Waals surface area (Å²) in [5, 5.41) is 19.7. The first-order valence-electron chi connectivity index (χ1n) is 11.1. The van der Waals surface area contributed by atoms with Gasteiger partial charge in [-0.05, 0) is 36.4 Å². The van der Waals surface area contributed by atoms with Gasteiger partial charge in [0.2, 0.25) is 5.69 Å². The summed E-state index contributed by atoms with van der Waals surface area (Å²) < 4.78 is 6.51. The molecule has 1 amide bonds. The van der Waals surface area contributed by atoms with Crippen LogP contribution >= 0.6 is 0 Å². The van der Waals surface area contributed by atoms with Gasteiger partial charge >= 0.3 is 0 Å². The molecule has 0 saturated carbocycles. The molecule has 7 nitrogen and oxygen atoms in total. The van der Waals surface area contributed by atoms with Gasteiger partial charge in [0, 0.05) is 45.6 Å². The molecule has 0 spiro atoms. The van der Waals surface area contributed by atoms with E-state index >= 15 is 0 Å². The molecule has 5 rings (SSSR count). The molecule has 1 N–H and O–H groups in total. The molecule has 0 aliphatic carbocycles. The average Bonchev–Trinajstić information content (AvgIpc) is 3.39. The Morgan fingerprint density at radius 3 is 2.41 bits per heavy atom. The zero-order valence-corrected chi connectivity index (χ0v) is 19.6. The van der Waals surface area contributed by atoms with E-state index in [-0.39, 0.29) is 11.3 Å². The van der Waals surface area contributed by atoms with Crippen molar-refractivity contribution < 1.29 is 14.3 Å². The number of amides is 1. The number of anilines is 1. The smallest absolute Gasteiger partial charge is 0.280 e. The third-order valence-corrected chi connectivity index (χ3v) is 6.21. The quantitative estimate of drug-likeness (QED) is 0.356. The highest BCUT2D eigenvalue weighted by Crippen LogP contribution is 2.47. The van der Waals surface area contributed by atoms with Gasteiger partial charge in [-0.1, -0.05) is 39.0 Å². The number of ether oxygens (including phenoxy) is 1. The van der Waals surface area contributed by atoms with Crippen LogP contribution in [0.5, 0.6) is 5.75 Å². The predicted octanol–water partition coefficient (Wildman–Crippen LogP) is 4.77. The molecule has 1 aliphatic heterocycles. The van der Waals surface area contributed by atoms with E-state index in [0.29, 0.717) is 17.1 Å². The topological polar surface area (TPSA) is 85.2 Å². The van der Waals surface area contributed by atoms with Crippen molar-refractivity contribution in [3.8, 4) is 17.0 Å². The molecule has 4 aromatic rings. The van der Waals surface area contributed by atoms with Crippen LogP contribution in [0, 0.1) is 5.21 Å². The summed E-state index contributed by atoms with van der Waals surface area (Å²) in [6.45, 7) is 6.29. The molecule has 0 saturated heterocycles. The molecule has 2 aromatic heterocycles. The molecule has 34 heavy (non-hydrogen) atoms. The molecule has 0 fully saturated rings. The number of methoxy groups -OCH3 is 1. The van der Waals surface area contributed by atoms with E-state index in [1.54, 1.807) is 24.1 Å². The van der Waals surface area contributed by atoms with Gasteiger partial charge in [0.15, 0.2) is 11.9 Å². The number of carbonyl (C=O) groups excluding carboxylic acids is 1. The molecule has 0 radical (unpaired) electrons. The van der Waals surface area contributed by atoms with Crippen LogP contribution in [0.2, 0.25) is 0 Å². The zero-order chi connectivity index (χ0) is 24.0. The second-order valence-corrected chi connectivity index (χ2v) is 9.39. The number of hydrogen-bond acceptors (Lipinski definition) is 4. The SMILES string of the molecule is COc1ccccc1C1c2c(n[nH]c2C(C)(C)C)C(=O)N1c1ccc(-c2cccc[n+]2[O-])cc1. The average molecular weight is 455 g/mol. The van der Waals surface area contributed by atoms with Crippen LogP contribution in [0.4, 0.5) is 5.69 Å². The van der Waals surface area contributed by atoms with Crippen molar-refractivity contribution in [3.05, 3.63) is 101 Å². The number of fused-ring (bicyclic) bond motifs is 1. The van der Waals surface area contributed by atoms with Gasteiger partial charge in [0.1, 0.15) is 5.75 Å². The van der Waals surface area contributed by atoms with Crippen molar-refractivity contribution in [1.29, 1.82) is 0 Å². The third kappa shape index (κ3) is 3.41. The Morgan fingerprint density at radius 2 is 1.74 bits per heavy atom. The lowest BCUT2D eigenvalue weighted by Crippen LogP contribution is -2.30. The molecule has 7 heteroatoms. The standard InChI is InChI=1S/C27H26N4O3/c1-27(2,3)25-22-23(28-29-25)26(32)31(24(22)19-9-5-6-11-21(19)34-4)18-14-12-17(13-15-18)20-10-7-8-16-30(20)33/h5-16,24H,1-4H3,(H,28,29). The van der Waals surface area contributed by atoms with Gasteiger partial charge in [0.05, 0.1) is 13.2 Å². The number of aromatic amines is 1. The number of para-hydroxylation sites is 1. The van der Waals surface area contributed by atoms with E-state index < -0.39 is 6.04 Å². The molecule has 3 heterocycles. The molecule has 0 bridgehead atoms. The first-order valence-corrected chi connectivity index (χ1v) is 11.1. The minimum absolute atomic E-state index is 0.177. The van der Waals surface area contributed by atoms with E-state index in [1.807, 2.05) is 54.6 Å². The number of nitrogens with one attached hydrogen (secondary N) is 1. The van der Waals surface area contributed by atoms with E-state index in [9.17, 15) is 10.0 Å². The molecule has 1 unspecified atom stereocenters. The third-order valence-electron chi connectivity index (χ3n) is 6.21. The van der Waals surface area contributed by atoms with E-state index in [2.05, 4.69) is 31.0 Å². The lowest BCUT2D eigenvalue weighted by Gasteiger charge is -2.29. The number of hydrogen-bond donors (Lipinski definition) is 1. The fourth-order valence-corrected chi connectivity index (χ4v) is 4.61. The Hall–Kier alpha value is -4.13. The van der Waals surface area contributed by atoms with Gasteiger partial charge in [0.25, 0.3) is 5.91 Å². The zero-order valence-electron chi connectivity index (χ0n) is 19.6. The van der Waals surface area contributed by atoms with Crippen molar-refractivity contribution in [3.63, 3.8) is 0 Å². The highest BCUT2D eigenvalue weighted by Gasteiger charge is 2.45. The fourth-order valence-electron chi connectivity index (χ4n) is 4.61. The normalized spacial score (nSPS) is 15.5. The summed E-state index contributed by atoms with van der Waals surface area (Å²) in [5.41, 5.74) is 4.89. The molecule has 2 aromatic carbocycles. The van der Waals surface area contributed by atoms with Crippen LogP contribution in [-0.4, -0.2) is 23.2 Å². The Bertz CT molecular complexity index is 1370. The number of nitrogens with zero attached hydrogens (tertiary/aromatic N) is 3. The first-order chi connectivity index (χ1) is 16.3. The van der Waals surface area contributed by atoms with E-state index in [4.69, 9.17) is 4.74 Å². The van der Waals surface area contributed by atoms with Gasteiger partial charge in [-0.25, -0.2) is 0 Å². The minimum atomic E-state index is -0.404. The Labute approximate surface area is 198 Å². The van der Waals surface area contributed by atoms with Crippen LogP contribution in [0.15, 0.2) is 72.9 Å². The summed E-state index contributed by atoms with van der Waals surface area (Å²) in [4.78, 5) is 15.4. The van der Waals surface area contributed by atoms with Gasteiger partial charge in [-0.2, -0.15) is 9.83 Å². The van der Waals surface area contributed by atoms with Crippen LogP contribution in [0.1, 0.15) is 54.1 Å². The van der Waals surface area contributed by atoms with Crippen LogP contribution in [0.25, 0.3) is 11.3 Å². The summed E-state index contributed by atoms with van der Waals surface area (Å²) in [6.07, 6.45) is 1.47. The van der Waals surface area contributed by atoms with Gasteiger partial charge in [-0.15, -0.1) is 0 Å². The molecular weight excluding hydrogens is 428 g/mol. The largest absolute Gasteiger partial charge is 0.618 e. The van der Waals surface area contributed by atoms with Crippen molar-refractivity contribution >= 4 is 11.6 Å². The number of pyridine rings is 1. The van der Waals surface area contributed by atoms with E-state index in [0.717, 1.165) is 32.8 Å². The maximum Gasteiger partial charge on any atom is 0.280 e. The highest BCUT2D eigenvalue weighted by molar-refractivity contribution is 6.11. The molecule has 1 aliphatic rings. The lowest BCUT2D eigenvalue weighted by atomic mass is 9.85. The predicted molar refractivity (Wildman–Crippen MR) is 130 cm³/mol. The van der Waals surface area contributed by atoms with Crippen molar-refractivity contribution in [2.75, 3.05) is 12.0 Å². The fraction of sp³-hybridized carbons (Fsp3) is 0.222. The number of rotatable bonds is 4. The Morgan fingerprint density at radius 1 is 1.03 bits per heavy atom.